The number of benzene rings is 2. The van der Waals surface area contributed by atoms with E-state index in [9.17, 15) is 10.0 Å². The summed E-state index contributed by atoms with van der Waals surface area (Å²) in [5.74, 6) is 0. The van der Waals surface area contributed by atoms with Gasteiger partial charge in [-0.2, -0.15) is 14.3 Å². The number of fused-ring (bicyclic) bond motifs is 1. The molecule has 0 aliphatic carbocycles. The van der Waals surface area contributed by atoms with Crippen molar-refractivity contribution >= 4 is 28.8 Å². The average Bonchev–Trinajstić information content (AvgIpc) is 3.11. The van der Waals surface area contributed by atoms with Crippen molar-refractivity contribution in [3.8, 4) is 22.3 Å². The van der Waals surface area contributed by atoms with Crippen molar-refractivity contribution < 1.29 is 4.73 Å². The number of pyridine rings is 1. The van der Waals surface area contributed by atoms with E-state index in [0.29, 0.717) is 20.4 Å². The van der Waals surface area contributed by atoms with Crippen LogP contribution in [0.3, 0.4) is 0 Å². The van der Waals surface area contributed by atoms with Gasteiger partial charge in [-0.05, 0) is 41.0 Å². The molecule has 3 aromatic heterocycles. The summed E-state index contributed by atoms with van der Waals surface area (Å²) in [5, 5.41) is 21.5. The third kappa shape index (κ3) is 3.72. The van der Waals surface area contributed by atoms with Gasteiger partial charge in [-0.1, -0.05) is 47.5 Å². The van der Waals surface area contributed by atoms with Crippen molar-refractivity contribution in [2.45, 2.75) is 6.54 Å². The highest BCUT2D eigenvalue weighted by Crippen LogP contribution is 2.34. The van der Waals surface area contributed by atoms with Gasteiger partial charge in [0.25, 0.3) is 0 Å². The van der Waals surface area contributed by atoms with Gasteiger partial charge in [0, 0.05) is 33.3 Å². The summed E-state index contributed by atoms with van der Waals surface area (Å²) >= 11 is 12.2. The molecule has 0 fully saturated rings. The summed E-state index contributed by atoms with van der Waals surface area (Å²) in [7, 11) is 0. The minimum atomic E-state index is -0.378. The smallest absolute Gasteiger partial charge is 0.367 e. The maximum absolute atomic E-state index is 13.0. The van der Waals surface area contributed by atoms with Crippen LogP contribution in [0.1, 0.15) is 5.56 Å². The summed E-state index contributed by atoms with van der Waals surface area (Å²) in [5.41, 5.74) is 4.10. The van der Waals surface area contributed by atoms with Gasteiger partial charge in [-0.15, -0.1) is 5.10 Å². The van der Waals surface area contributed by atoms with Gasteiger partial charge in [0.15, 0.2) is 18.0 Å². The van der Waals surface area contributed by atoms with Gasteiger partial charge >= 0.3 is 5.69 Å². The van der Waals surface area contributed by atoms with E-state index in [4.69, 9.17) is 23.2 Å². The van der Waals surface area contributed by atoms with E-state index in [1.54, 1.807) is 42.6 Å². The van der Waals surface area contributed by atoms with Crippen LogP contribution >= 0.6 is 23.2 Å². The monoisotopic (exact) mass is 463 g/mol. The van der Waals surface area contributed by atoms with E-state index in [0.717, 1.165) is 27.8 Å². The fraction of sp³-hybridized carbons (Fsp3) is 0.0435. The Balaban J connectivity index is 1.73. The second-order valence-electron chi connectivity index (χ2n) is 7.19. The van der Waals surface area contributed by atoms with Gasteiger partial charge in [-0.3, -0.25) is 0 Å². The minimum absolute atomic E-state index is 0.208. The third-order valence-corrected chi connectivity index (χ3v) is 5.61. The molecule has 0 aliphatic rings. The van der Waals surface area contributed by atoms with Crippen molar-refractivity contribution in [3.63, 3.8) is 0 Å². The molecule has 0 aliphatic heterocycles. The Morgan fingerprint density at radius 1 is 0.875 bits per heavy atom. The standard InChI is InChI=1S/C23H15Cl2N5O2/c24-18-5-1-16(2-6-18)20-13-26-30-22(21(20)17-3-7-19(25)8-4-17)27-29(23(30)31)14-15-9-11-28(32)12-10-15/h1-13H,14H2. The lowest BCUT2D eigenvalue weighted by Gasteiger charge is -2.11. The summed E-state index contributed by atoms with van der Waals surface area (Å²) in [6, 6.07) is 18.0. The molecule has 0 radical (unpaired) electrons. The molecule has 0 spiro atoms. The highest BCUT2D eigenvalue weighted by molar-refractivity contribution is 6.31. The summed E-state index contributed by atoms with van der Waals surface area (Å²) in [4.78, 5) is 13.0. The fourth-order valence-corrected chi connectivity index (χ4v) is 3.79. The zero-order valence-electron chi connectivity index (χ0n) is 16.5. The van der Waals surface area contributed by atoms with Crippen LogP contribution in [0.25, 0.3) is 27.9 Å². The van der Waals surface area contributed by atoms with Gasteiger partial charge in [0.2, 0.25) is 0 Å². The Morgan fingerprint density at radius 2 is 1.47 bits per heavy atom. The minimum Gasteiger partial charge on any atom is -0.619 e. The lowest BCUT2D eigenvalue weighted by atomic mass is 9.97. The molecule has 0 saturated carbocycles. The van der Waals surface area contributed by atoms with Gasteiger partial charge < -0.3 is 5.21 Å². The molecule has 9 heteroatoms. The number of hydrogen-bond donors (Lipinski definition) is 0. The van der Waals surface area contributed by atoms with Crippen molar-refractivity contribution in [1.82, 2.24) is 19.4 Å². The van der Waals surface area contributed by atoms with Crippen molar-refractivity contribution in [1.29, 1.82) is 0 Å². The molecule has 3 heterocycles. The van der Waals surface area contributed by atoms with Crippen LogP contribution in [-0.2, 0) is 6.54 Å². The van der Waals surface area contributed by atoms with E-state index in [2.05, 4.69) is 10.2 Å². The molecule has 7 nitrogen and oxygen atoms in total. The van der Waals surface area contributed by atoms with Crippen LogP contribution in [0.5, 0.6) is 0 Å². The first-order valence-electron chi connectivity index (χ1n) is 9.68. The maximum Gasteiger partial charge on any atom is 0.367 e. The van der Waals surface area contributed by atoms with Crippen LogP contribution in [0.2, 0.25) is 10.0 Å². The Hall–Kier alpha value is -3.68. The molecule has 0 bridgehead atoms. The average molecular weight is 464 g/mol. The van der Waals surface area contributed by atoms with Crippen LogP contribution in [0, 0.1) is 5.21 Å². The fourth-order valence-electron chi connectivity index (χ4n) is 3.53. The molecule has 32 heavy (non-hydrogen) atoms. The quantitative estimate of drug-likeness (QED) is 0.295. The predicted molar refractivity (Wildman–Crippen MR) is 123 cm³/mol. The van der Waals surface area contributed by atoms with Gasteiger partial charge in [0.1, 0.15) is 0 Å². The molecule has 5 rings (SSSR count). The van der Waals surface area contributed by atoms with Gasteiger partial charge in [0.05, 0.1) is 12.7 Å². The normalized spacial score (nSPS) is 11.2. The zero-order valence-corrected chi connectivity index (χ0v) is 18.0. The molecular weight excluding hydrogens is 449 g/mol. The first-order chi connectivity index (χ1) is 15.5. The molecule has 0 amide bonds. The van der Waals surface area contributed by atoms with E-state index in [1.165, 1.54) is 21.6 Å². The number of nitrogens with zero attached hydrogens (tertiary/aromatic N) is 5. The van der Waals surface area contributed by atoms with Crippen molar-refractivity contribution in [2.75, 3.05) is 0 Å². The Kier molecular flexibility index (Phi) is 5.13. The molecule has 0 N–H and O–H groups in total. The summed E-state index contributed by atoms with van der Waals surface area (Å²) in [6.07, 6.45) is 4.41. The Morgan fingerprint density at radius 3 is 2.09 bits per heavy atom. The molecule has 5 aromatic rings. The highest BCUT2D eigenvalue weighted by Gasteiger charge is 2.19. The number of hydrogen-bond acceptors (Lipinski definition) is 4. The first kappa shape index (κ1) is 20.2. The number of rotatable bonds is 4. The molecular formula is C23H15Cl2N5O2. The Bertz CT molecular complexity index is 1480. The molecule has 2 aromatic carbocycles. The summed E-state index contributed by atoms with van der Waals surface area (Å²) < 4.78 is 3.30. The number of aromatic nitrogens is 5. The predicted octanol–water partition coefficient (Wildman–Crippen LogP) is 4.21. The van der Waals surface area contributed by atoms with E-state index >= 15 is 0 Å². The Labute approximate surface area is 192 Å². The second kappa shape index (κ2) is 8.11. The van der Waals surface area contributed by atoms with Gasteiger partial charge in [-0.25, -0.2) is 9.48 Å². The lowest BCUT2D eigenvalue weighted by Crippen LogP contribution is -2.26. The van der Waals surface area contributed by atoms with Crippen LogP contribution < -0.4 is 10.4 Å². The zero-order chi connectivity index (χ0) is 22.2. The van der Waals surface area contributed by atoms with Crippen LogP contribution in [-0.4, -0.2) is 19.4 Å². The molecule has 0 saturated heterocycles. The third-order valence-electron chi connectivity index (χ3n) is 5.10. The van der Waals surface area contributed by atoms with E-state index in [-0.39, 0.29) is 12.2 Å². The topological polar surface area (TPSA) is 79.1 Å². The summed E-state index contributed by atoms with van der Waals surface area (Å²) in [6.45, 7) is 0.208. The van der Waals surface area contributed by atoms with Crippen molar-refractivity contribution in [2.24, 2.45) is 0 Å². The first-order valence-corrected chi connectivity index (χ1v) is 10.4. The maximum atomic E-state index is 13.0. The van der Waals surface area contributed by atoms with Crippen LogP contribution in [0.15, 0.2) is 84.0 Å². The van der Waals surface area contributed by atoms with Crippen molar-refractivity contribution in [3.05, 3.63) is 111 Å². The van der Waals surface area contributed by atoms with E-state index < -0.39 is 0 Å². The highest BCUT2D eigenvalue weighted by atomic mass is 35.5. The molecule has 158 valence electrons. The molecule has 0 atom stereocenters. The lowest BCUT2D eigenvalue weighted by molar-refractivity contribution is -0.605. The second-order valence-corrected chi connectivity index (χ2v) is 8.06. The van der Waals surface area contributed by atoms with E-state index in [1.807, 2.05) is 24.3 Å². The number of halogens is 2. The SMILES string of the molecule is O=c1n(Cc2cc[n+]([O-])cc2)nc2c(-c3ccc(Cl)cc3)c(-c3ccc(Cl)cc3)cnn12. The largest absolute Gasteiger partial charge is 0.619 e. The molecule has 0 unspecified atom stereocenters. The van der Waals surface area contributed by atoms with Crippen LogP contribution in [0.4, 0.5) is 0 Å².